The largest absolute Gasteiger partial charge is 0.480 e. The Morgan fingerprint density at radius 3 is 1.80 bits per heavy atom. The molecule has 4 heteroatoms. The second-order valence-electron chi connectivity index (χ2n) is 4.24. The predicted octanol–water partition coefficient (Wildman–Crippen LogP) is 2.31. The van der Waals surface area contributed by atoms with Crippen molar-refractivity contribution >= 4 is 17.5 Å². The van der Waals surface area contributed by atoms with E-state index in [1.165, 1.54) is 24.3 Å². The molecule has 0 saturated heterocycles. The normalized spacial score (nSPS) is 11.6. The second-order valence-corrected chi connectivity index (χ2v) is 4.24. The average molecular weight is 268 g/mol. The van der Waals surface area contributed by atoms with Gasteiger partial charge in [-0.3, -0.25) is 14.4 Å². The zero-order valence-electron chi connectivity index (χ0n) is 10.5. The number of ketones is 2. The van der Waals surface area contributed by atoms with E-state index in [2.05, 4.69) is 0 Å². The van der Waals surface area contributed by atoms with Crippen molar-refractivity contribution in [3.63, 3.8) is 0 Å². The van der Waals surface area contributed by atoms with Crippen LogP contribution in [0, 0.1) is 0 Å². The first-order valence-corrected chi connectivity index (χ1v) is 6.02. The zero-order valence-corrected chi connectivity index (χ0v) is 10.5. The van der Waals surface area contributed by atoms with Crippen molar-refractivity contribution in [2.45, 2.75) is 5.92 Å². The maximum absolute atomic E-state index is 12.2. The number of carbonyl (C=O) groups is 3. The lowest BCUT2D eigenvalue weighted by molar-refractivity contribution is -0.141. The highest BCUT2D eigenvalue weighted by molar-refractivity contribution is 6.48. The van der Waals surface area contributed by atoms with E-state index in [1.54, 1.807) is 36.4 Å². The molecule has 1 N–H and O–H groups in total. The summed E-state index contributed by atoms with van der Waals surface area (Å²) in [6, 6.07) is 16.0. The van der Waals surface area contributed by atoms with Gasteiger partial charge >= 0.3 is 5.97 Å². The van der Waals surface area contributed by atoms with E-state index < -0.39 is 23.5 Å². The van der Waals surface area contributed by atoms with Gasteiger partial charge in [-0.2, -0.15) is 0 Å². The van der Waals surface area contributed by atoms with E-state index in [1.807, 2.05) is 0 Å². The monoisotopic (exact) mass is 268 g/mol. The topological polar surface area (TPSA) is 71.4 Å². The fraction of sp³-hybridized carbons (Fsp3) is 0.0625. The number of rotatable bonds is 5. The Bertz CT molecular complexity index is 632. The van der Waals surface area contributed by atoms with Crippen LogP contribution in [0.15, 0.2) is 60.7 Å². The third-order valence-corrected chi connectivity index (χ3v) is 2.90. The average Bonchev–Trinajstić information content (AvgIpc) is 2.48. The minimum Gasteiger partial charge on any atom is -0.480 e. The van der Waals surface area contributed by atoms with Crippen LogP contribution in [-0.2, 0) is 9.59 Å². The fourth-order valence-corrected chi connectivity index (χ4v) is 1.91. The number of Topliss-reactive ketones (excluding diaryl/α,β-unsaturated/α-hetero) is 2. The van der Waals surface area contributed by atoms with Gasteiger partial charge in [0.05, 0.1) is 0 Å². The van der Waals surface area contributed by atoms with Crippen LogP contribution in [0.2, 0.25) is 0 Å². The van der Waals surface area contributed by atoms with Crippen LogP contribution < -0.4 is 0 Å². The molecule has 0 radical (unpaired) electrons. The van der Waals surface area contributed by atoms with Gasteiger partial charge < -0.3 is 5.11 Å². The molecule has 0 heterocycles. The van der Waals surface area contributed by atoms with E-state index in [-0.39, 0.29) is 5.56 Å². The van der Waals surface area contributed by atoms with E-state index in [4.69, 9.17) is 0 Å². The summed E-state index contributed by atoms with van der Waals surface area (Å²) in [6.07, 6.45) is 0. The summed E-state index contributed by atoms with van der Waals surface area (Å²) < 4.78 is 0. The summed E-state index contributed by atoms with van der Waals surface area (Å²) in [7, 11) is 0. The van der Waals surface area contributed by atoms with Gasteiger partial charge in [0.1, 0.15) is 5.92 Å². The van der Waals surface area contributed by atoms with E-state index >= 15 is 0 Å². The van der Waals surface area contributed by atoms with Gasteiger partial charge in [0.15, 0.2) is 0 Å². The number of aliphatic carboxylic acids is 1. The summed E-state index contributed by atoms with van der Waals surface area (Å²) in [6.45, 7) is 0. The van der Waals surface area contributed by atoms with Crippen LogP contribution in [0.1, 0.15) is 21.8 Å². The standard InChI is InChI=1S/C16H12O4/c17-14(12-9-5-2-6-10-12)15(18)13(16(19)20)11-7-3-1-4-8-11/h1-10,13H,(H,19,20). The molecule has 2 aromatic carbocycles. The Morgan fingerprint density at radius 1 is 0.800 bits per heavy atom. The van der Waals surface area contributed by atoms with Gasteiger partial charge in [0, 0.05) is 5.56 Å². The maximum Gasteiger partial charge on any atom is 0.319 e. The van der Waals surface area contributed by atoms with Crippen LogP contribution in [0.5, 0.6) is 0 Å². The van der Waals surface area contributed by atoms with Crippen LogP contribution in [0.3, 0.4) is 0 Å². The lowest BCUT2D eigenvalue weighted by Crippen LogP contribution is -2.28. The summed E-state index contributed by atoms with van der Waals surface area (Å²) in [5.41, 5.74) is 0.494. The number of carboxylic acid groups (broad SMARTS) is 1. The lowest BCUT2D eigenvalue weighted by atomic mass is 9.90. The maximum atomic E-state index is 12.2. The fourth-order valence-electron chi connectivity index (χ4n) is 1.91. The molecule has 0 aromatic heterocycles. The third-order valence-electron chi connectivity index (χ3n) is 2.90. The molecule has 2 aromatic rings. The van der Waals surface area contributed by atoms with Gasteiger partial charge in [-0.25, -0.2) is 0 Å². The highest BCUT2D eigenvalue weighted by Gasteiger charge is 2.33. The molecule has 0 bridgehead atoms. The van der Waals surface area contributed by atoms with Crippen molar-refractivity contribution in [1.29, 1.82) is 0 Å². The van der Waals surface area contributed by atoms with Gasteiger partial charge in [0.2, 0.25) is 11.6 Å². The quantitative estimate of drug-likeness (QED) is 0.513. The van der Waals surface area contributed by atoms with Crippen LogP contribution >= 0.6 is 0 Å². The van der Waals surface area contributed by atoms with Crippen molar-refractivity contribution in [3.05, 3.63) is 71.8 Å². The SMILES string of the molecule is O=C(C(=O)C(C(=O)O)c1ccccc1)c1ccccc1. The van der Waals surface area contributed by atoms with Gasteiger partial charge in [-0.1, -0.05) is 60.7 Å². The molecule has 0 aliphatic heterocycles. The molecule has 2 rings (SSSR count). The molecule has 0 saturated carbocycles. The first kappa shape index (κ1) is 13.7. The van der Waals surface area contributed by atoms with E-state index in [9.17, 15) is 19.5 Å². The molecular formula is C16H12O4. The second kappa shape index (κ2) is 5.93. The molecule has 0 fully saturated rings. The predicted molar refractivity (Wildman–Crippen MR) is 72.6 cm³/mol. The molecule has 4 nitrogen and oxygen atoms in total. The Morgan fingerprint density at radius 2 is 1.30 bits per heavy atom. The highest BCUT2D eigenvalue weighted by atomic mass is 16.4. The zero-order chi connectivity index (χ0) is 14.5. The molecule has 0 aliphatic rings. The third kappa shape index (κ3) is 2.80. The Kier molecular flexibility index (Phi) is 4.05. The summed E-state index contributed by atoms with van der Waals surface area (Å²) >= 11 is 0. The van der Waals surface area contributed by atoms with Crippen molar-refractivity contribution in [3.8, 4) is 0 Å². The van der Waals surface area contributed by atoms with Crippen molar-refractivity contribution in [2.75, 3.05) is 0 Å². The Labute approximate surface area is 115 Å². The number of hydrogen-bond acceptors (Lipinski definition) is 3. The van der Waals surface area contributed by atoms with Crippen LogP contribution in [0.25, 0.3) is 0 Å². The minimum absolute atomic E-state index is 0.194. The molecule has 20 heavy (non-hydrogen) atoms. The van der Waals surface area contributed by atoms with Crippen molar-refractivity contribution in [1.82, 2.24) is 0 Å². The number of benzene rings is 2. The summed E-state index contributed by atoms with van der Waals surface area (Å²) in [5, 5.41) is 9.22. The van der Waals surface area contributed by atoms with E-state index in [0.717, 1.165) is 0 Å². The first-order chi connectivity index (χ1) is 9.61. The number of hydrogen-bond donors (Lipinski definition) is 1. The summed E-state index contributed by atoms with van der Waals surface area (Å²) in [4.78, 5) is 35.5. The number of carbonyl (C=O) groups excluding carboxylic acids is 2. The minimum atomic E-state index is -1.47. The van der Waals surface area contributed by atoms with Crippen molar-refractivity contribution in [2.24, 2.45) is 0 Å². The molecule has 0 spiro atoms. The van der Waals surface area contributed by atoms with Crippen LogP contribution in [-0.4, -0.2) is 22.6 Å². The first-order valence-electron chi connectivity index (χ1n) is 6.02. The highest BCUT2D eigenvalue weighted by Crippen LogP contribution is 2.19. The Hall–Kier alpha value is -2.75. The summed E-state index contributed by atoms with van der Waals surface area (Å²) in [5.74, 6) is -4.52. The molecule has 1 atom stereocenters. The Balaban J connectivity index is 2.34. The molecule has 0 amide bonds. The molecular weight excluding hydrogens is 256 g/mol. The van der Waals surface area contributed by atoms with E-state index in [0.29, 0.717) is 5.56 Å². The number of carboxylic acids is 1. The van der Waals surface area contributed by atoms with Crippen LogP contribution in [0.4, 0.5) is 0 Å². The smallest absolute Gasteiger partial charge is 0.319 e. The van der Waals surface area contributed by atoms with Gasteiger partial charge in [-0.05, 0) is 5.56 Å². The molecule has 1 unspecified atom stereocenters. The molecule has 0 aliphatic carbocycles. The van der Waals surface area contributed by atoms with Crippen molar-refractivity contribution < 1.29 is 19.5 Å². The van der Waals surface area contributed by atoms with Gasteiger partial charge in [0.25, 0.3) is 0 Å². The van der Waals surface area contributed by atoms with Gasteiger partial charge in [-0.15, -0.1) is 0 Å². The molecule has 100 valence electrons. The lowest BCUT2D eigenvalue weighted by Gasteiger charge is -2.10.